The summed E-state index contributed by atoms with van der Waals surface area (Å²) in [7, 11) is 0. The van der Waals surface area contributed by atoms with Crippen molar-refractivity contribution in [1.82, 2.24) is 10.2 Å². The van der Waals surface area contributed by atoms with Crippen LogP contribution in [0.3, 0.4) is 0 Å². The number of carbonyl (C=O) groups excluding carboxylic acids is 1. The minimum atomic E-state index is 0.0592. The lowest BCUT2D eigenvalue weighted by atomic mass is 9.97. The number of hydrogen-bond donors (Lipinski definition) is 1. The minimum absolute atomic E-state index is 0.0592. The normalized spacial score (nSPS) is 27.0. The second-order valence-corrected chi connectivity index (χ2v) is 6.45. The van der Waals surface area contributed by atoms with Crippen molar-refractivity contribution in [3.05, 3.63) is 34.3 Å². The van der Waals surface area contributed by atoms with E-state index in [9.17, 15) is 4.79 Å². The lowest BCUT2D eigenvalue weighted by Gasteiger charge is -2.35. The Kier molecular flexibility index (Phi) is 3.89. The molecular weight excluding hydrogens is 304 g/mol. The third-order valence-electron chi connectivity index (χ3n) is 4.26. The van der Waals surface area contributed by atoms with Crippen molar-refractivity contribution in [3.8, 4) is 0 Å². The van der Waals surface area contributed by atoms with E-state index in [1.165, 1.54) is 19.4 Å². The number of halogens is 1. The zero-order valence-electron chi connectivity index (χ0n) is 10.9. The third-order valence-corrected chi connectivity index (χ3v) is 4.79. The van der Waals surface area contributed by atoms with E-state index in [-0.39, 0.29) is 5.91 Å². The van der Waals surface area contributed by atoms with E-state index < -0.39 is 0 Å². The number of hydrogen-bond acceptors (Lipinski definition) is 2. The standard InChI is InChI=1S/C15H19BrN2O/c16-12-5-3-11(4-6-12)15(19)17-13-7-9-18-8-1-2-14(18)10-13/h3-6,13-14H,1-2,7-10H2,(H,17,19). The predicted octanol–water partition coefficient (Wildman–Crippen LogP) is 2.81. The lowest BCUT2D eigenvalue weighted by Crippen LogP contribution is -2.47. The summed E-state index contributed by atoms with van der Waals surface area (Å²) >= 11 is 3.39. The molecule has 2 atom stereocenters. The fourth-order valence-corrected chi connectivity index (χ4v) is 3.49. The van der Waals surface area contributed by atoms with Crippen LogP contribution >= 0.6 is 15.9 Å². The summed E-state index contributed by atoms with van der Waals surface area (Å²) in [6.07, 6.45) is 4.81. The molecule has 0 aromatic heterocycles. The van der Waals surface area contributed by atoms with Gasteiger partial charge in [0.15, 0.2) is 0 Å². The van der Waals surface area contributed by atoms with Crippen molar-refractivity contribution >= 4 is 21.8 Å². The van der Waals surface area contributed by atoms with Gasteiger partial charge in [0.2, 0.25) is 0 Å². The highest BCUT2D eigenvalue weighted by Gasteiger charge is 2.32. The summed E-state index contributed by atoms with van der Waals surface area (Å²) < 4.78 is 1.00. The number of benzene rings is 1. The highest BCUT2D eigenvalue weighted by molar-refractivity contribution is 9.10. The number of piperidine rings is 1. The number of rotatable bonds is 2. The molecule has 2 saturated heterocycles. The van der Waals surface area contributed by atoms with E-state index in [4.69, 9.17) is 0 Å². The first-order valence-corrected chi connectivity index (χ1v) is 7.82. The maximum atomic E-state index is 12.2. The van der Waals surface area contributed by atoms with E-state index in [2.05, 4.69) is 26.1 Å². The van der Waals surface area contributed by atoms with E-state index >= 15 is 0 Å². The summed E-state index contributed by atoms with van der Waals surface area (Å²) in [6.45, 7) is 2.38. The van der Waals surface area contributed by atoms with Crippen LogP contribution in [0, 0.1) is 0 Å². The Balaban J connectivity index is 1.59. The molecule has 2 unspecified atom stereocenters. The highest BCUT2D eigenvalue weighted by Crippen LogP contribution is 2.27. The SMILES string of the molecule is O=C(NC1CCN2CCCC2C1)c1ccc(Br)cc1. The maximum absolute atomic E-state index is 12.2. The second kappa shape index (κ2) is 5.63. The van der Waals surface area contributed by atoms with E-state index in [1.54, 1.807) is 0 Å². The fourth-order valence-electron chi connectivity index (χ4n) is 3.23. The van der Waals surface area contributed by atoms with Crippen molar-refractivity contribution in [2.75, 3.05) is 13.1 Å². The number of amides is 1. The van der Waals surface area contributed by atoms with Crippen LogP contribution in [0.2, 0.25) is 0 Å². The second-order valence-electron chi connectivity index (χ2n) is 5.53. The summed E-state index contributed by atoms with van der Waals surface area (Å²) in [4.78, 5) is 14.7. The smallest absolute Gasteiger partial charge is 0.251 e. The molecule has 19 heavy (non-hydrogen) atoms. The third kappa shape index (κ3) is 3.00. The molecular formula is C15H19BrN2O. The molecule has 102 valence electrons. The highest BCUT2D eigenvalue weighted by atomic mass is 79.9. The van der Waals surface area contributed by atoms with Crippen LogP contribution in [-0.2, 0) is 0 Å². The first-order valence-electron chi connectivity index (χ1n) is 7.03. The lowest BCUT2D eigenvalue weighted by molar-refractivity contribution is 0.0896. The van der Waals surface area contributed by atoms with Gasteiger partial charge in [-0.15, -0.1) is 0 Å². The molecule has 0 aliphatic carbocycles. The van der Waals surface area contributed by atoms with Gasteiger partial charge < -0.3 is 10.2 Å². The zero-order chi connectivity index (χ0) is 13.2. The number of fused-ring (bicyclic) bond motifs is 1. The van der Waals surface area contributed by atoms with Gasteiger partial charge in [0.25, 0.3) is 5.91 Å². The Bertz CT molecular complexity index is 460. The Morgan fingerprint density at radius 1 is 1.21 bits per heavy atom. The maximum Gasteiger partial charge on any atom is 0.251 e. The van der Waals surface area contributed by atoms with Gasteiger partial charge in [0, 0.05) is 28.7 Å². The van der Waals surface area contributed by atoms with Gasteiger partial charge in [0.1, 0.15) is 0 Å². The molecule has 3 nitrogen and oxygen atoms in total. The molecule has 2 aliphatic heterocycles. The summed E-state index contributed by atoms with van der Waals surface area (Å²) in [6, 6.07) is 8.59. The van der Waals surface area contributed by atoms with Crippen LogP contribution in [0.1, 0.15) is 36.0 Å². The summed E-state index contributed by atoms with van der Waals surface area (Å²) in [5.41, 5.74) is 0.747. The number of nitrogens with zero attached hydrogens (tertiary/aromatic N) is 1. The van der Waals surface area contributed by atoms with Crippen LogP contribution in [0.5, 0.6) is 0 Å². The van der Waals surface area contributed by atoms with Gasteiger partial charge in [-0.25, -0.2) is 0 Å². The minimum Gasteiger partial charge on any atom is -0.349 e. The van der Waals surface area contributed by atoms with Crippen LogP contribution < -0.4 is 5.32 Å². The Morgan fingerprint density at radius 2 is 2.00 bits per heavy atom. The quantitative estimate of drug-likeness (QED) is 0.908. The van der Waals surface area contributed by atoms with Crippen LogP contribution in [-0.4, -0.2) is 36.0 Å². The van der Waals surface area contributed by atoms with Crippen LogP contribution in [0.4, 0.5) is 0 Å². The first kappa shape index (κ1) is 13.1. The molecule has 1 aromatic rings. The van der Waals surface area contributed by atoms with E-state index in [1.807, 2.05) is 24.3 Å². The molecule has 0 spiro atoms. The molecule has 0 bridgehead atoms. The van der Waals surface area contributed by atoms with Crippen molar-refractivity contribution in [2.24, 2.45) is 0 Å². The van der Waals surface area contributed by atoms with Crippen LogP contribution in [0.15, 0.2) is 28.7 Å². The van der Waals surface area contributed by atoms with Gasteiger partial charge in [-0.2, -0.15) is 0 Å². The Hall–Kier alpha value is -0.870. The molecule has 0 saturated carbocycles. The van der Waals surface area contributed by atoms with Crippen molar-refractivity contribution in [2.45, 2.75) is 37.8 Å². The van der Waals surface area contributed by atoms with Gasteiger partial charge in [-0.05, 0) is 56.5 Å². The molecule has 2 aliphatic rings. The average Bonchev–Trinajstić information content (AvgIpc) is 2.87. The van der Waals surface area contributed by atoms with Gasteiger partial charge in [-0.3, -0.25) is 4.79 Å². The monoisotopic (exact) mass is 322 g/mol. The fraction of sp³-hybridized carbons (Fsp3) is 0.533. The Labute approximate surface area is 122 Å². The molecule has 0 radical (unpaired) electrons. The molecule has 2 heterocycles. The van der Waals surface area contributed by atoms with Gasteiger partial charge in [0.05, 0.1) is 0 Å². The molecule has 3 rings (SSSR count). The molecule has 1 amide bonds. The van der Waals surface area contributed by atoms with Gasteiger partial charge >= 0.3 is 0 Å². The first-order chi connectivity index (χ1) is 9.22. The Morgan fingerprint density at radius 3 is 2.79 bits per heavy atom. The van der Waals surface area contributed by atoms with E-state index in [0.29, 0.717) is 12.1 Å². The van der Waals surface area contributed by atoms with E-state index in [0.717, 1.165) is 29.4 Å². The predicted molar refractivity (Wildman–Crippen MR) is 79.2 cm³/mol. The van der Waals surface area contributed by atoms with Crippen molar-refractivity contribution in [1.29, 1.82) is 0 Å². The molecule has 1 aromatic carbocycles. The zero-order valence-corrected chi connectivity index (χ0v) is 12.5. The largest absolute Gasteiger partial charge is 0.349 e. The molecule has 4 heteroatoms. The number of carbonyl (C=O) groups is 1. The molecule has 1 N–H and O–H groups in total. The van der Waals surface area contributed by atoms with Crippen LogP contribution in [0.25, 0.3) is 0 Å². The van der Waals surface area contributed by atoms with Crippen molar-refractivity contribution < 1.29 is 4.79 Å². The molecule has 2 fully saturated rings. The number of nitrogens with one attached hydrogen (secondary N) is 1. The summed E-state index contributed by atoms with van der Waals surface area (Å²) in [5.74, 6) is 0.0592. The summed E-state index contributed by atoms with van der Waals surface area (Å²) in [5, 5.41) is 3.19. The van der Waals surface area contributed by atoms with Crippen molar-refractivity contribution in [3.63, 3.8) is 0 Å². The topological polar surface area (TPSA) is 32.3 Å². The van der Waals surface area contributed by atoms with Gasteiger partial charge in [-0.1, -0.05) is 15.9 Å². The average molecular weight is 323 g/mol.